The maximum absolute atomic E-state index is 11.0. The largest absolute Gasteiger partial charge is 0.388 e. The van der Waals surface area contributed by atoms with E-state index in [9.17, 15) is 9.90 Å². The van der Waals surface area contributed by atoms with Gasteiger partial charge in [-0.15, -0.1) is 0 Å². The molecule has 1 saturated heterocycles. The van der Waals surface area contributed by atoms with Crippen LogP contribution in [-0.4, -0.2) is 34.5 Å². The molecule has 1 atom stereocenters. The SMILES string of the molecule is CC1(O)CCN(C2=CC(=O)CC2)C1. The molecule has 0 radical (unpaired) electrons. The third-order valence-electron chi connectivity index (χ3n) is 2.81. The van der Waals surface area contributed by atoms with Crippen LogP contribution in [0, 0.1) is 0 Å². The van der Waals surface area contributed by atoms with E-state index in [1.165, 1.54) is 0 Å². The molecule has 0 aromatic carbocycles. The van der Waals surface area contributed by atoms with Gasteiger partial charge in [0.15, 0.2) is 5.78 Å². The summed E-state index contributed by atoms with van der Waals surface area (Å²) in [5.41, 5.74) is 0.551. The number of likely N-dealkylation sites (tertiary alicyclic amines) is 1. The van der Waals surface area contributed by atoms with E-state index in [0.29, 0.717) is 13.0 Å². The van der Waals surface area contributed by atoms with E-state index in [-0.39, 0.29) is 5.78 Å². The Morgan fingerprint density at radius 3 is 2.77 bits per heavy atom. The minimum atomic E-state index is -0.563. The summed E-state index contributed by atoms with van der Waals surface area (Å²) in [5, 5.41) is 9.74. The lowest BCUT2D eigenvalue weighted by atomic mass is 10.1. The molecule has 3 heteroatoms. The van der Waals surface area contributed by atoms with Gasteiger partial charge in [-0.1, -0.05) is 0 Å². The van der Waals surface area contributed by atoms with Crippen LogP contribution in [0.3, 0.4) is 0 Å². The first-order valence-corrected chi connectivity index (χ1v) is 4.78. The maximum atomic E-state index is 11.0. The Balaban J connectivity index is 2.04. The summed E-state index contributed by atoms with van der Waals surface area (Å²) in [7, 11) is 0. The molecular formula is C10H15NO2. The predicted octanol–water partition coefficient (Wildman–Crippen LogP) is 0.690. The first-order valence-electron chi connectivity index (χ1n) is 4.78. The van der Waals surface area contributed by atoms with Crippen molar-refractivity contribution in [2.24, 2.45) is 0 Å². The van der Waals surface area contributed by atoms with Crippen LogP contribution < -0.4 is 0 Å². The number of nitrogens with zero attached hydrogens (tertiary/aromatic N) is 1. The number of hydrogen-bond donors (Lipinski definition) is 1. The van der Waals surface area contributed by atoms with Crippen LogP contribution in [0.25, 0.3) is 0 Å². The van der Waals surface area contributed by atoms with Crippen molar-refractivity contribution >= 4 is 5.78 Å². The van der Waals surface area contributed by atoms with E-state index in [4.69, 9.17) is 0 Å². The van der Waals surface area contributed by atoms with Crippen molar-refractivity contribution in [1.82, 2.24) is 4.90 Å². The van der Waals surface area contributed by atoms with Gasteiger partial charge in [-0.3, -0.25) is 4.79 Å². The summed E-state index contributed by atoms with van der Waals surface area (Å²) in [5.74, 6) is 0.224. The van der Waals surface area contributed by atoms with Crippen LogP contribution in [0.1, 0.15) is 26.2 Å². The highest BCUT2D eigenvalue weighted by Gasteiger charge is 2.33. The van der Waals surface area contributed by atoms with Gasteiger partial charge in [0.1, 0.15) is 0 Å². The molecule has 0 spiro atoms. The van der Waals surface area contributed by atoms with E-state index in [2.05, 4.69) is 4.90 Å². The van der Waals surface area contributed by atoms with Crippen molar-refractivity contribution in [1.29, 1.82) is 0 Å². The van der Waals surface area contributed by atoms with E-state index in [1.54, 1.807) is 6.08 Å². The molecule has 2 rings (SSSR count). The molecule has 1 N–H and O–H groups in total. The summed E-state index contributed by atoms with van der Waals surface area (Å²) < 4.78 is 0. The fourth-order valence-electron chi connectivity index (χ4n) is 2.02. The van der Waals surface area contributed by atoms with Crippen molar-refractivity contribution < 1.29 is 9.90 Å². The highest BCUT2D eigenvalue weighted by molar-refractivity contribution is 5.92. The number of allylic oxidation sites excluding steroid dienone is 2. The molecule has 0 bridgehead atoms. The van der Waals surface area contributed by atoms with Gasteiger partial charge in [0.25, 0.3) is 0 Å². The van der Waals surface area contributed by atoms with Gasteiger partial charge in [0, 0.05) is 31.3 Å². The van der Waals surface area contributed by atoms with Gasteiger partial charge >= 0.3 is 0 Å². The topological polar surface area (TPSA) is 40.5 Å². The molecule has 0 amide bonds. The fraction of sp³-hybridized carbons (Fsp3) is 0.700. The third-order valence-corrected chi connectivity index (χ3v) is 2.81. The zero-order valence-electron chi connectivity index (χ0n) is 7.92. The lowest BCUT2D eigenvalue weighted by molar-refractivity contribution is -0.114. The van der Waals surface area contributed by atoms with E-state index < -0.39 is 5.60 Å². The molecule has 1 aliphatic carbocycles. The highest BCUT2D eigenvalue weighted by atomic mass is 16.3. The fourth-order valence-corrected chi connectivity index (χ4v) is 2.02. The van der Waals surface area contributed by atoms with Crippen LogP contribution in [-0.2, 0) is 4.79 Å². The highest BCUT2D eigenvalue weighted by Crippen LogP contribution is 2.28. The second kappa shape index (κ2) is 2.84. The Hall–Kier alpha value is -0.830. The molecule has 0 saturated carbocycles. The molecule has 1 heterocycles. The average Bonchev–Trinajstić information content (AvgIpc) is 2.56. The van der Waals surface area contributed by atoms with Gasteiger partial charge in [-0.05, 0) is 19.8 Å². The first-order chi connectivity index (χ1) is 6.07. The Labute approximate surface area is 78.0 Å². The van der Waals surface area contributed by atoms with Crippen LogP contribution in [0.4, 0.5) is 0 Å². The molecule has 0 aromatic rings. The quantitative estimate of drug-likeness (QED) is 0.647. The molecule has 1 fully saturated rings. The smallest absolute Gasteiger partial charge is 0.157 e. The van der Waals surface area contributed by atoms with Crippen LogP contribution >= 0.6 is 0 Å². The zero-order chi connectivity index (χ0) is 9.47. The number of β-amino-alcohol motifs (C(OH)–C–C–N with tert-alkyl or cyclic N) is 1. The second-order valence-electron chi connectivity index (χ2n) is 4.27. The van der Waals surface area contributed by atoms with Crippen LogP contribution in [0.15, 0.2) is 11.8 Å². The van der Waals surface area contributed by atoms with Crippen molar-refractivity contribution in [3.8, 4) is 0 Å². The number of carbonyl (C=O) groups is 1. The molecule has 2 aliphatic rings. The van der Waals surface area contributed by atoms with E-state index in [1.807, 2.05) is 6.92 Å². The van der Waals surface area contributed by atoms with Crippen molar-refractivity contribution in [2.45, 2.75) is 31.8 Å². The molecular weight excluding hydrogens is 166 g/mol. The van der Waals surface area contributed by atoms with Crippen molar-refractivity contribution in [2.75, 3.05) is 13.1 Å². The molecule has 0 aromatic heterocycles. The summed E-state index contributed by atoms with van der Waals surface area (Å²) in [6.45, 7) is 3.41. The van der Waals surface area contributed by atoms with Crippen LogP contribution in [0.2, 0.25) is 0 Å². The Bertz CT molecular complexity index is 268. The first kappa shape index (κ1) is 8.75. The monoisotopic (exact) mass is 181 g/mol. The summed E-state index contributed by atoms with van der Waals surface area (Å²) in [6.07, 6.45) is 4.03. The second-order valence-corrected chi connectivity index (χ2v) is 4.27. The van der Waals surface area contributed by atoms with Gasteiger partial charge in [-0.25, -0.2) is 0 Å². The number of aliphatic hydroxyl groups is 1. The number of carbonyl (C=O) groups excluding carboxylic acids is 1. The minimum Gasteiger partial charge on any atom is -0.388 e. The summed E-state index contributed by atoms with van der Waals surface area (Å²) >= 11 is 0. The zero-order valence-corrected chi connectivity index (χ0v) is 7.92. The Morgan fingerprint density at radius 1 is 1.54 bits per heavy atom. The number of hydrogen-bond acceptors (Lipinski definition) is 3. The molecule has 1 unspecified atom stereocenters. The molecule has 13 heavy (non-hydrogen) atoms. The maximum Gasteiger partial charge on any atom is 0.157 e. The normalized spacial score (nSPS) is 34.2. The van der Waals surface area contributed by atoms with Crippen molar-refractivity contribution in [3.05, 3.63) is 11.8 Å². The summed E-state index contributed by atoms with van der Waals surface area (Å²) in [4.78, 5) is 13.1. The lowest BCUT2D eigenvalue weighted by Crippen LogP contribution is -2.28. The number of rotatable bonds is 1. The standard InChI is InChI=1S/C10H15NO2/c1-10(13)4-5-11(7-10)8-2-3-9(12)6-8/h6,13H,2-5,7H2,1H3. The third kappa shape index (κ3) is 1.75. The Morgan fingerprint density at radius 2 is 2.31 bits per heavy atom. The molecule has 1 aliphatic heterocycles. The lowest BCUT2D eigenvalue weighted by Gasteiger charge is -2.21. The minimum absolute atomic E-state index is 0.224. The predicted molar refractivity (Wildman–Crippen MR) is 49.1 cm³/mol. The van der Waals surface area contributed by atoms with Gasteiger partial charge in [-0.2, -0.15) is 0 Å². The molecule has 72 valence electrons. The van der Waals surface area contributed by atoms with Gasteiger partial charge in [0.05, 0.1) is 5.60 Å². The number of ketones is 1. The van der Waals surface area contributed by atoms with E-state index in [0.717, 1.165) is 25.1 Å². The van der Waals surface area contributed by atoms with Crippen LogP contribution in [0.5, 0.6) is 0 Å². The van der Waals surface area contributed by atoms with Crippen molar-refractivity contribution in [3.63, 3.8) is 0 Å². The van der Waals surface area contributed by atoms with E-state index >= 15 is 0 Å². The van der Waals surface area contributed by atoms with Gasteiger partial charge in [0.2, 0.25) is 0 Å². The summed E-state index contributed by atoms with van der Waals surface area (Å²) in [6, 6.07) is 0. The average molecular weight is 181 g/mol. The molecule has 3 nitrogen and oxygen atoms in total. The Kier molecular flexibility index (Phi) is 1.91. The van der Waals surface area contributed by atoms with Gasteiger partial charge < -0.3 is 10.0 Å².